The summed E-state index contributed by atoms with van der Waals surface area (Å²) in [7, 11) is 0. The van der Waals surface area contributed by atoms with Gasteiger partial charge in [-0.05, 0) is 49.1 Å². The Labute approximate surface area is 252 Å². The van der Waals surface area contributed by atoms with Gasteiger partial charge in [-0.3, -0.25) is 9.59 Å². The maximum atomic E-state index is 14.1. The lowest BCUT2D eigenvalue weighted by Crippen LogP contribution is -2.54. The molecule has 0 spiro atoms. The Kier molecular flexibility index (Phi) is 12.3. The number of nitrogens with zero attached hydrogens (tertiary/aromatic N) is 2. The van der Waals surface area contributed by atoms with Crippen LogP contribution in [0.4, 0.5) is 4.79 Å². The van der Waals surface area contributed by atoms with Crippen molar-refractivity contribution < 1.29 is 19.1 Å². The summed E-state index contributed by atoms with van der Waals surface area (Å²) in [5.74, 6) is 0.284. The second-order valence-corrected chi connectivity index (χ2v) is 12.2. The average Bonchev–Trinajstić information content (AvgIpc) is 3.50. The molecule has 4 rings (SSSR count). The molecule has 42 heavy (non-hydrogen) atoms. The molecule has 2 aromatic rings. The highest BCUT2D eigenvalue weighted by Crippen LogP contribution is 2.29. The molecule has 0 unspecified atom stereocenters. The van der Waals surface area contributed by atoms with Crippen molar-refractivity contribution in [1.29, 1.82) is 0 Å². The van der Waals surface area contributed by atoms with Gasteiger partial charge in [0.15, 0.2) is 0 Å². The molecule has 7 nitrogen and oxygen atoms in total. The molecule has 3 amide bonds. The highest BCUT2D eigenvalue weighted by Gasteiger charge is 2.37. The molecule has 1 N–H and O–H groups in total. The van der Waals surface area contributed by atoms with Crippen LogP contribution >= 0.6 is 0 Å². The smallest absolute Gasteiger partial charge is 0.410 e. The van der Waals surface area contributed by atoms with E-state index in [-0.39, 0.29) is 36.5 Å². The predicted octanol–water partition coefficient (Wildman–Crippen LogP) is 6.36. The third kappa shape index (κ3) is 9.33. The Bertz CT molecular complexity index is 1120. The van der Waals surface area contributed by atoms with Gasteiger partial charge in [0.1, 0.15) is 12.6 Å². The van der Waals surface area contributed by atoms with Crippen LogP contribution < -0.4 is 5.32 Å². The molecule has 228 valence electrons. The van der Waals surface area contributed by atoms with Crippen LogP contribution in [0.3, 0.4) is 0 Å². The van der Waals surface area contributed by atoms with Gasteiger partial charge in [-0.2, -0.15) is 0 Å². The summed E-state index contributed by atoms with van der Waals surface area (Å²) in [6.45, 7) is 5.70. The zero-order chi connectivity index (χ0) is 29.7. The van der Waals surface area contributed by atoms with Crippen molar-refractivity contribution in [3.8, 4) is 0 Å². The predicted molar refractivity (Wildman–Crippen MR) is 166 cm³/mol. The lowest BCUT2D eigenvalue weighted by molar-refractivity contribution is -0.138. The van der Waals surface area contributed by atoms with E-state index in [0.29, 0.717) is 38.4 Å². The summed E-state index contributed by atoms with van der Waals surface area (Å²) in [5.41, 5.74) is 2.09. The van der Waals surface area contributed by atoms with Crippen molar-refractivity contribution in [3.63, 3.8) is 0 Å². The Morgan fingerprint density at radius 2 is 1.60 bits per heavy atom. The van der Waals surface area contributed by atoms with Gasteiger partial charge in [0, 0.05) is 31.6 Å². The second kappa shape index (κ2) is 16.3. The third-order valence-corrected chi connectivity index (χ3v) is 9.04. The number of ether oxygens (including phenoxy) is 1. The molecule has 0 aromatic heterocycles. The van der Waals surface area contributed by atoms with Crippen LogP contribution in [0.1, 0.15) is 82.8 Å². The zero-order valence-corrected chi connectivity index (χ0v) is 25.5. The Hall–Kier alpha value is -3.35. The fourth-order valence-electron chi connectivity index (χ4n) is 6.22. The van der Waals surface area contributed by atoms with Gasteiger partial charge in [-0.25, -0.2) is 4.79 Å². The molecule has 1 heterocycles. The van der Waals surface area contributed by atoms with E-state index in [0.717, 1.165) is 43.2 Å². The third-order valence-electron chi connectivity index (χ3n) is 9.04. The van der Waals surface area contributed by atoms with E-state index in [1.165, 1.54) is 19.3 Å². The first kappa shape index (κ1) is 31.6. The number of amides is 3. The first-order valence-electron chi connectivity index (χ1n) is 16.0. The van der Waals surface area contributed by atoms with Crippen molar-refractivity contribution in [1.82, 2.24) is 15.1 Å². The van der Waals surface area contributed by atoms with Crippen LogP contribution in [-0.4, -0.2) is 59.4 Å². The Morgan fingerprint density at radius 1 is 0.929 bits per heavy atom. The van der Waals surface area contributed by atoms with Crippen LogP contribution in [0.2, 0.25) is 0 Å². The standard InChI is InChI=1S/C35H49N3O4/c1-3-27(2)33(39)36-32(24-29-16-9-5-10-17-29)34(40)38-22-13-20-31(38)25-37(23-21-28-14-7-4-8-15-28)35(41)42-26-30-18-11-6-12-19-30/h4,6-8,11-12,14-15,18-19,27,29,31-32H,3,5,9-10,13,16-17,20-26H2,1-2H3,(H,36,39)/t27-,31+,32+/m1/s1. The number of likely N-dealkylation sites (tertiary alicyclic amines) is 1. The van der Waals surface area contributed by atoms with Gasteiger partial charge in [0.25, 0.3) is 0 Å². The molecule has 1 saturated carbocycles. The van der Waals surface area contributed by atoms with Crippen molar-refractivity contribution in [2.45, 2.75) is 96.7 Å². The number of hydrogen-bond donors (Lipinski definition) is 1. The first-order chi connectivity index (χ1) is 20.4. The number of hydrogen-bond acceptors (Lipinski definition) is 4. The summed E-state index contributed by atoms with van der Waals surface area (Å²) in [6, 6.07) is 19.2. The van der Waals surface area contributed by atoms with Gasteiger partial charge in [0.2, 0.25) is 11.8 Å². The number of nitrogens with one attached hydrogen (secondary N) is 1. The van der Waals surface area contributed by atoms with Crippen LogP contribution in [0.25, 0.3) is 0 Å². The molecule has 1 aliphatic carbocycles. The molecule has 1 aliphatic heterocycles. The summed E-state index contributed by atoms with van der Waals surface area (Å²) in [5, 5.41) is 3.14. The summed E-state index contributed by atoms with van der Waals surface area (Å²) in [4.78, 5) is 44.1. The number of rotatable bonds is 13. The van der Waals surface area contributed by atoms with Crippen molar-refractivity contribution in [3.05, 3.63) is 71.8 Å². The minimum atomic E-state index is -0.516. The molecule has 3 atom stereocenters. The van der Waals surface area contributed by atoms with E-state index in [1.54, 1.807) is 4.90 Å². The van der Waals surface area contributed by atoms with Crippen LogP contribution in [0.5, 0.6) is 0 Å². The quantitative estimate of drug-likeness (QED) is 0.301. The van der Waals surface area contributed by atoms with E-state index >= 15 is 0 Å². The number of benzene rings is 2. The largest absolute Gasteiger partial charge is 0.445 e. The monoisotopic (exact) mass is 575 g/mol. The average molecular weight is 576 g/mol. The van der Waals surface area contributed by atoms with Gasteiger partial charge >= 0.3 is 6.09 Å². The molecule has 1 saturated heterocycles. The van der Waals surface area contributed by atoms with Gasteiger partial charge in [-0.15, -0.1) is 0 Å². The maximum Gasteiger partial charge on any atom is 0.410 e. The molecular formula is C35H49N3O4. The van der Waals surface area contributed by atoms with Gasteiger partial charge in [-0.1, -0.05) is 107 Å². The molecular weight excluding hydrogens is 526 g/mol. The fourth-order valence-corrected chi connectivity index (χ4v) is 6.22. The van der Waals surface area contributed by atoms with Crippen LogP contribution in [0.15, 0.2) is 60.7 Å². The van der Waals surface area contributed by atoms with Crippen LogP contribution in [-0.2, 0) is 27.4 Å². The van der Waals surface area contributed by atoms with Gasteiger partial charge in [0.05, 0.1) is 0 Å². The lowest BCUT2D eigenvalue weighted by Gasteiger charge is -2.34. The molecule has 2 aromatic carbocycles. The summed E-state index contributed by atoms with van der Waals surface area (Å²) >= 11 is 0. The highest BCUT2D eigenvalue weighted by molar-refractivity contribution is 5.88. The Balaban J connectivity index is 1.46. The van der Waals surface area contributed by atoms with E-state index in [2.05, 4.69) is 17.4 Å². The maximum absolute atomic E-state index is 14.1. The molecule has 2 aliphatic rings. The Morgan fingerprint density at radius 3 is 2.26 bits per heavy atom. The van der Waals surface area contributed by atoms with Crippen molar-refractivity contribution in [2.75, 3.05) is 19.6 Å². The fraction of sp³-hybridized carbons (Fsp3) is 0.571. The summed E-state index contributed by atoms with van der Waals surface area (Å²) in [6.07, 6.45) is 9.37. The van der Waals surface area contributed by atoms with E-state index in [1.807, 2.05) is 67.3 Å². The lowest BCUT2D eigenvalue weighted by atomic mass is 9.84. The first-order valence-corrected chi connectivity index (χ1v) is 16.0. The second-order valence-electron chi connectivity index (χ2n) is 12.2. The number of carbonyl (C=O) groups excluding carboxylic acids is 3. The summed E-state index contributed by atoms with van der Waals surface area (Å²) < 4.78 is 5.75. The zero-order valence-electron chi connectivity index (χ0n) is 25.5. The molecule has 0 bridgehead atoms. The number of carbonyl (C=O) groups is 3. The van der Waals surface area contributed by atoms with Crippen LogP contribution in [0, 0.1) is 11.8 Å². The molecule has 2 fully saturated rings. The highest BCUT2D eigenvalue weighted by atomic mass is 16.6. The van der Waals surface area contributed by atoms with Gasteiger partial charge < -0.3 is 19.9 Å². The van der Waals surface area contributed by atoms with Crippen molar-refractivity contribution in [2.24, 2.45) is 11.8 Å². The van der Waals surface area contributed by atoms with E-state index < -0.39 is 6.04 Å². The van der Waals surface area contributed by atoms with E-state index in [9.17, 15) is 14.4 Å². The van der Waals surface area contributed by atoms with E-state index in [4.69, 9.17) is 4.74 Å². The molecule has 7 heteroatoms. The minimum Gasteiger partial charge on any atom is -0.445 e. The SMILES string of the molecule is CC[C@@H](C)C(=O)N[C@@H](CC1CCCCC1)C(=O)N1CCC[C@H]1CN(CCc1ccccc1)C(=O)OCc1ccccc1. The normalized spacial score (nSPS) is 18.7. The topological polar surface area (TPSA) is 79.0 Å². The van der Waals surface area contributed by atoms with Crippen molar-refractivity contribution >= 4 is 17.9 Å². The minimum absolute atomic E-state index is 0.000360. The molecule has 0 radical (unpaired) electrons.